The molecule has 2 heterocycles. The van der Waals surface area contributed by atoms with E-state index < -0.39 is 59.8 Å². The molecule has 0 bridgehead atoms. The molecule has 13 heteroatoms. The zero-order chi connectivity index (χ0) is 31.1. The summed E-state index contributed by atoms with van der Waals surface area (Å²) >= 11 is 0. The summed E-state index contributed by atoms with van der Waals surface area (Å²) in [5.74, 6) is -3.56. The number of hydrogen-bond donors (Lipinski definition) is 1. The van der Waals surface area contributed by atoms with Crippen LogP contribution in [0.4, 0.5) is 13.2 Å². The predicted molar refractivity (Wildman–Crippen MR) is 142 cm³/mol. The van der Waals surface area contributed by atoms with E-state index in [1.54, 1.807) is 24.3 Å². The highest BCUT2D eigenvalue weighted by molar-refractivity contribution is 6.33. The summed E-state index contributed by atoms with van der Waals surface area (Å²) in [5.41, 5.74) is 0.246. The number of phenolic OH excluding ortho intramolecular Hbond substituents is 1. The van der Waals surface area contributed by atoms with Crippen molar-refractivity contribution in [3.63, 3.8) is 0 Å². The molecule has 0 radical (unpaired) electrons. The second kappa shape index (κ2) is 11.6. The van der Waals surface area contributed by atoms with E-state index in [1.165, 1.54) is 18.3 Å². The van der Waals surface area contributed by atoms with Gasteiger partial charge in [0.2, 0.25) is 0 Å². The van der Waals surface area contributed by atoms with Crippen LogP contribution in [-0.2, 0) is 23.8 Å². The summed E-state index contributed by atoms with van der Waals surface area (Å²) < 4.78 is 62.6. The van der Waals surface area contributed by atoms with Gasteiger partial charge in [0.05, 0.1) is 18.3 Å². The molecule has 43 heavy (non-hydrogen) atoms. The third-order valence-corrected chi connectivity index (χ3v) is 7.22. The van der Waals surface area contributed by atoms with Gasteiger partial charge in [0.15, 0.2) is 35.3 Å². The molecular formula is C30H26F3NO9. The quantitative estimate of drug-likeness (QED) is 0.239. The Morgan fingerprint density at radius 1 is 1.00 bits per heavy atom. The first-order valence-electron chi connectivity index (χ1n) is 13.4. The van der Waals surface area contributed by atoms with Crippen LogP contribution in [0.5, 0.6) is 11.5 Å². The summed E-state index contributed by atoms with van der Waals surface area (Å²) in [6.45, 7) is 1.84. The molecule has 226 valence electrons. The Morgan fingerprint density at radius 3 is 2.28 bits per heavy atom. The van der Waals surface area contributed by atoms with E-state index in [9.17, 15) is 37.5 Å². The Balaban J connectivity index is 1.37. The van der Waals surface area contributed by atoms with Gasteiger partial charge in [-0.2, -0.15) is 13.2 Å². The number of ether oxygens (including phenoxy) is 4. The van der Waals surface area contributed by atoms with Gasteiger partial charge in [0, 0.05) is 48.5 Å². The van der Waals surface area contributed by atoms with E-state index in [0.717, 1.165) is 13.8 Å². The second-order valence-corrected chi connectivity index (χ2v) is 10.2. The normalized spacial score (nSPS) is 21.6. The van der Waals surface area contributed by atoms with Gasteiger partial charge in [-0.25, -0.2) is 0 Å². The molecule has 5 rings (SSSR count). The lowest BCUT2D eigenvalue weighted by Gasteiger charge is -2.41. The van der Waals surface area contributed by atoms with Crippen molar-refractivity contribution in [3.05, 3.63) is 64.8 Å². The van der Waals surface area contributed by atoms with E-state index >= 15 is 0 Å². The van der Waals surface area contributed by atoms with Crippen molar-refractivity contribution in [1.29, 1.82) is 0 Å². The lowest BCUT2D eigenvalue weighted by Crippen LogP contribution is -2.57. The van der Waals surface area contributed by atoms with Crippen LogP contribution in [0.15, 0.2) is 42.6 Å². The maximum atomic E-state index is 13.9. The molecule has 2 aliphatic rings. The molecule has 1 saturated heterocycles. The summed E-state index contributed by atoms with van der Waals surface area (Å²) in [6.07, 6.45) is -10.4. The first-order valence-corrected chi connectivity index (χ1v) is 13.4. The average Bonchev–Trinajstić information content (AvgIpc) is 2.94. The van der Waals surface area contributed by atoms with E-state index in [2.05, 4.69) is 4.98 Å². The molecule has 0 amide bonds. The van der Waals surface area contributed by atoms with Gasteiger partial charge in [-0.1, -0.05) is 30.3 Å². The van der Waals surface area contributed by atoms with Gasteiger partial charge in [0.25, 0.3) is 0 Å². The van der Waals surface area contributed by atoms with Gasteiger partial charge in [0.1, 0.15) is 11.6 Å². The standard InChI is InChI=1S/C30H26F3NO9/c1-14(35)41-20-13-16(43-29(30(31,32)33)27(20)42-15(2)36)7-6-12-40-28-23-19(10-5-11-34-23)21-22(26(28)39)25(38)18-9-4-3-8-17(18)24(21)37/h3-5,8-11,16,20,27,29,39H,6-7,12-13H2,1-2H3. The molecule has 1 fully saturated rings. The summed E-state index contributed by atoms with van der Waals surface area (Å²) in [4.78, 5) is 54.0. The monoisotopic (exact) mass is 601 g/mol. The minimum Gasteiger partial charge on any atom is -0.504 e. The lowest BCUT2D eigenvalue weighted by atomic mass is 9.81. The van der Waals surface area contributed by atoms with Gasteiger partial charge in [-0.05, 0) is 18.9 Å². The number of ketones is 2. The number of esters is 2. The van der Waals surface area contributed by atoms with Crippen LogP contribution >= 0.6 is 0 Å². The highest BCUT2D eigenvalue weighted by Crippen LogP contribution is 2.44. The summed E-state index contributed by atoms with van der Waals surface area (Å²) in [7, 11) is 0. The van der Waals surface area contributed by atoms with Crippen molar-refractivity contribution in [2.24, 2.45) is 0 Å². The molecule has 1 aliphatic heterocycles. The Morgan fingerprint density at radius 2 is 1.65 bits per heavy atom. The molecular weight excluding hydrogens is 575 g/mol. The number of pyridine rings is 1. The number of benzene rings is 2. The number of aromatic hydroxyl groups is 1. The molecule has 3 aromatic rings. The third kappa shape index (κ3) is 5.76. The van der Waals surface area contributed by atoms with Gasteiger partial charge in [-0.3, -0.25) is 24.2 Å². The molecule has 1 N–H and O–H groups in total. The van der Waals surface area contributed by atoms with Gasteiger partial charge in [-0.15, -0.1) is 0 Å². The van der Waals surface area contributed by atoms with Crippen LogP contribution in [0.1, 0.15) is 65.0 Å². The maximum Gasteiger partial charge on any atom is 0.418 e. The van der Waals surface area contributed by atoms with Crippen molar-refractivity contribution < 1.29 is 56.4 Å². The van der Waals surface area contributed by atoms with Crippen molar-refractivity contribution in [3.8, 4) is 11.5 Å². The van der Waals surface area contributed by atoms with Crippen LogP contribution in [0.2, 0.25) is 0 Å². The Hall–Kier alpha value is -4.52. The Labute approximate surface area is 242 Å². The van der Waals surface area contributed by atoms with E-state index in [-0.39, 0.29) is 59.4 Å². The number of rotatable bonds is 7. The maximum absolute atomic E-state index is 13.9. The fraction of sp³-hybridized carbons (Fsp3) is 0.367. The highest BCUT2D eigenvalue weighted by atomic mass is 19.4. The SMILES string of the molecule is CC(=O)OC1CC(CCCOc2c(O)c3c(c4cccnc24)C(=O)c2ccccc2C3=O)OC(C(F)(F)F)C1OC(C)=O. The van der Waals surface area contributed by atoms with Crippen molar-refractivity contribution in [2.75, 3.05) is 6.61 Å². The number of alkyl halides is 3. The van der Waals surface area contributed by atoms with Crippen LogP contribution in [0.25, 0.3) is 10.9 Å². The highest BCUT2D eigenvalue weighted by Gasteiger charge is 2.55. The number of phenols is 1. The number of nitrogens with zero attached hydrogens (tertiary/aromatic N) is 1. The van der Waals surface area contributed by atoms with Crippen LogP contribution in [0, 0.1) is 0 Å². The minimum absolute atomic E-state index is 0.00398. The minimum atomic E-state index is -4.92. The molecule has 1 aromatic heterocycles. The molecule has 0 saturated carbocycles. The van der Waals surface area contributed by atoms with Gasteiger partial charge < -0.3 is 24.1 Å². The summed E-state index contributed by atoms with van der Waals surface area (Å²) in [6, 6.07) is 9.39. The molecule has 2 aromatic carbocycles. The fourth-order valence-electron chi connectivity index (χ4n) is 5.53. The Kier molecular flexibility index (Phi) is 8.10. The molecule has 0 spiro atoms. The lowest BCUT2D eigenvalue weighted by molar-refractivity contribution is -0.294. The molecule has 1 aliphatic carbocycles. The number of hydrogen-bond acceptors (Lipinski definition) is 10. The molecule has 10 nitrogen and oxygen atoms in total. The van der Waals surface area contributed by atoms with Crippen LogP contribution in [0.3, 0.4) is 0 Å². The number of aromatic nitrogens is 1. The van der Waals surface area contributed by atoms with E-state index in [4.69, 9.17) is 18.9 Å². The topological polar surface area (TPSA) is 138 Å². The first-order chi connectivity index (χ1) is 20.4. The van der Waals surface area contributed by atoms with Crippen LogP contribution in [-0.4, -0.2) is 70.8 Å². The van der Waals surface area contributed by atoms with E-state index in [1.807, 2.05) is 0 Å². The zero-order valence-electron chi connectivity index (χ0n) is 23.0. The van der Waals surface area contributed by atoms with Crippen molar-refractivity contribution in [1.82, 2.24) is 4.98 Å². The predicted octanol–water partition coefficient (Wildman–Crippen LogP) is 4.46. The molecule has 4 atom stereocenters. The fourth-order valence-corrected chi connectivity index (χ4v) is 5.53. The smallest absolute Gasteiger partial charge is 0.418 e. The number of halogens is 3. The van der Waals surface area contributed by atoms with Crippen molar-refractivity contribution in [2.45, 2.75) is 63.7 Å². The summed E-state index contributed by atoms with van der Waals surface area (Å²) in [5, 5.41) is 11.5. The number of carbonyl (C=O) groups excluding carboxylic acids is 4. The average molecular weight is 602 g/mol. The largest absolute Gasteiger partial charge is 0.504 e. The van der Waals surface area contributed by atoms with Crippen LogP contribution < -0.4 is 4.74 Å². The number of fused-ring (bicyclic) bond motifs is 4. The number of carbonyl (C=O) groups is 4. The Bertz CT molecular complexity index is 1620. The zero-order valence-corrected chi connectivity index (χ0v) is 23.0. The van der Waals surface area contributed by atoms with Gasteiger partial charge >= 0.3 is 18.1 Å². The third-order valence-electron chi connectivity index (χ3n) is 7.22. The van der Waals surface area contributed by atoms with E-state index in [0.29, 0.717) is 5.39 Å². The molecule has 4 unspecified atom stereocenters. The second-order valence-electron chi connectivity index (χ2n) is 10.2. The van der Waals surface area contributed by atoms with Crippen molar-refractivity contribution >= 4 is 34.4 Å². The first kappa shape index (κ1) is 30.0.